The maximum atomic E-state index is 10.1. The van der Waals surface area contributed by atoms with Crippen LogP contribution in [-0.4, -0.2) is 4.92 Å². The molecule has 0 bridgehead atoms. The van der Waals surface area contributed by atoms with Gasteiger partial charge in [0.2, 0.25) is 10.8 Å². The lowest BCUT2D eigenvalue weighted by atomic mass is 10.2. The van der Waals surface area contributed by atoms with Gasteiger partial charge >= 0.3 is 11.4 Å². The summed E-state index contributed by atoms with van der Waals surface area (Å²) in [4.78, 5) is 17.9. The van der Waals surface area contributed by atoms with Crippen LogP contribution in [0.4, 0.5) is 17.1 Å². The van der Waals surface area contributed by atoms with E-state index < -0.39 is 4.92 Å². The van der Waals surface area contributed by atoms with E-state index in [-0.39, 0.29) is 5.69 Å². The molecule has 0 aliphatic heterocycles. The van der Waals surface area contributed by atoms with Crippen molar-refractivity contribution >= 4 is 28.8 Å². The van der Waals surface area contributed by atoms with E-state index in [9.17, 15) is 10.1 Å². The van der Waals surface area contributed by atoms with E-state index in [1.807, 2.05) is 12.1 Å². The minimum absolute atomic E-state index is 0.0163. The summed E-state index contributed by atoms with van der Waals surface area (Å²) in [6.45, 7) is 2.08. The first-order valence-electron chi connectivity index (χ1n) is 7.81. The van der Waals surface area contributed by atoms with E-state index in [1.165, 1.54) is 34.7 Å². The van der Waals surface area contributed by atoms with E-state index in [0.29, 0.717) is 11.4 Å². The second-order valence-electron chi connectivity index (χ2n) is 5.38. The molecule has 132 valence electrons. The molecule has 7 nitrogen and oxygen atoms in total. The molecular formula is C19H15N5O2S+2. The second-order valence-corrected chi connectivity index (χ2v) is 6.53. The zero-order chi connectivity index (χ0) is 19.6. The fourth-order valence-corrected chi connectivity index (χ4v) is 2.78. The highest BCUT2D eigenvalue weighted by Crippen LogP contribution is 2.29. The summed E-state index contributed by atoms with van der Waals surface area (Å²) < 4.78 is 0. The average molecular weight is 377 g/mol. The highest BCUT2D eigenvalue weighted by Gasteiger charge is 2.08. The van der Waals surface area contributed by atoms with E-state index in [0.717, 1.165) is 4.90 Å². The van der Waals surface area contributed by atoms with Crippen molar-refractivity contribution < 1.29 is 4.92 Å². The van der Waals surface area contributed by atoms with Gasteiger partial charge in [-0.15, -0.1) is 0 Å². The Balaban J connectivity index is 0.000000208. The molecule has 0 saturated heterocycles. The molecule has 8 heteroatoms. The molecule has 0 unspecified atom stereocenters. The molecule has 0 saturated carbocycles. The van der Waals surface area contributed by atoms with Gasteiger partial charge in [0.1, 0.15) is 0 Å². The third-order valence-electron chi connectivity index (χ3n) is 3.38. The summed E-state index contributed by atoms with van der Waals surface area (Å²) in [5, 5.41) is 26.9. The molecule has 0 amide bonds. The Kier molecular flexibility index (Phi) is 7.00. The monoisotopic (exact) mass is 377 g/mol. The van der Waals surface area contributed by atoms with Crippen molar-refractivity contribution in [3.05, 3.63) is 98.4 Å². The van der Waals surface area contributed by atoms with E-state index in [1.54, 1.807) is 23.9 Å². The van der Waals surface area contributed by atoms with Crippen LogP contribution in [0, 0.1) is 27.8 Å². The Morgan fingerprint density at radius 1 is 0.778 bits per heavy atom. The fourth-order valence-electron chi connectivity index (χ4n) is 1.96. The number of rotatable bonds is 3. The minimum atomic E-state index is -0.513. The van der Waals surface area contributed by atoms with E-state index in [2.05, 4.69) is 41.1 Å². The van der Waals surface area contributed by atoms with Crippen molar-refractivity contribution in [2.75, 3.05) is 0 Å². The number of nitro groups is 1. The predicted octanol–water partition coefficient (Wildman–Crippen LogP) is 6.71. The molecule has 0 spiro atoms. The molecule has 3 aromatic carbocycles. The number of hydrogen-bond acceptors (Lipinski definition) is 5. The molecule has 0 radical (unpaired) electrons. The van der Waals surface area contributed by atoms with Gasteiger partial charge in [-0.3, -0.25) is 10.1 Å². The summed E-state index contributed by atoms with van der Waals surface area (Å²) in [7, 11) is 0. The SMILES string of the molecule is Cc1ccc(Sc2ccc([N+]#N)cc2)cc1.N#[N+]c1ccc([N+](=O)[O-])cc1. The Labute approximate surface area is 160 Å². The summed E-state index contributed by atoms with van der Waals surface area (Å²) in [5.74, 6) is 0. The van der Waals surface area contributed by atoms with Crippen LogP contribution in [-0.2, 0) is 0 Å². The molecular weight excluding hydrogens is 362 g/mol. The van der Waals surface area contributed by atoms with Gasteiger partial charge < -0.3 is 0 Å². The molecule has 0 atom stereocenters. The molecule has 0 heterocycles. The molecule has 0 aliphatic carbocycles. The first kappa shape index (κ1) is 19.6. The summed E-state index contributed by atoms with van der Waals surface area (Å²) in [6.07, 6.45) is 0. The number of aryl methyl sites for hydroxylation is 1. The zero-order valence-corrected chi connectivity index (χ0v) is 15.2. The lowest BCUT2D eigenvalue weighted by molar-refractivity contribution is -0.384. The van der Waals surface area contributed by atoms with Crippen LogP contribution >= 0.6 is 11.8 Å². The van der Waals surface area contributed by atoms with Crippen molar-refractivity contribution in [2.45, 2.75) is 16.7 Å². The molecule has 0 aromatic heterocycles. The number of benzene rings is 3. The highest BCUT2D eigenvalue weighted by atomic mass is 32.2. The number of hydrogen-bond donors (Lipinski definition) is 0. The summed E-state index contributed by atoms with van der Waals surface area (Å²) in [6, 6.07) is 21.1. The molecule has 0 aliphatic rings. The maximum Gasteiger partial charge on any atom is 0.385 e. The number of non-ortho nitro benzene ring substituents is 1. The number of diazo groups is 2. The molecule has 3 rings (SSSR count). The fraction of sp³-hybridized carbons (Fsp3) is 0.0526. The van der Waals surface area contributed by atoms with Gasteiger partial charge in [0, 0.05) is 46.2 Å². The van der Waals surface area contributed by atoms with Crippen molar-refractivity contribution in [1.82, 2.24) is 0 Å². The predicted molar refractivity (Wildman–Crippen MR) is 104 cm³/mol. The quantitative estimate of drug-likeness (QED) is 0.287. The zero-order valence-electron chi connectivity index (χ0n) is 14.4. The maximum absolute atomic E-state index is 10.1. The lowest BCUT2D eigenvalue weighted by Crippen LogP contribution is -1.85. The third-order valence-corrected chi connectivity index (χ3v) is 4.40. The largest absolute Gasteiger partial charge is 0.385 e. The van der Waals surface area contributed by atoms with Gasteiger partial charge in [-0.1, -0.05) is 29.5 Å². The first-order valence-corrected chi connectivity index (χ1v) is 8.62. The van der Waals surface area contributed by atoms with Crippen LogP contribution in [0.1, 0.15) is 5.56 Å². The van der Waals surface area contributed by atoms with Gasteiger partial charge in [0.25, 0.3) is 5.69 Å². The molecule has 0 fully saturated rings. The molecule has 3 aromatic rings. The number of nitrogens with zero attached hydrogens (tertiary/aromatic N) is 5. The smallest absolute Gasteiger partial charge is 0.258 e. The van der Waals surface area contributed by atoms with Gasteiger partial charge in [0.15, 0.2) is 9.95 Å². The lowest BCUT2D eigenvalue weighted by Gasteiger charge is -2.00. The van der Waals surface area contributed by atoms with Crippen molar-refractivity contribution in [2.24, 2.45) is 0 Å². The van der Waals surface area contributed by atoms with Gasteiger partial charge in [-0.2, -0.15) is 0 Å². The topological polar surface area (TPSA) is 99.4 Å². The van der Waals surface area contributed by atoms with Crippen LogP contribution in [0.5, 0.6) is 0 Å². The normalized spacial score (nSPS) is 9.30. The Hall–Kier alpha value is -3.75. The summed E-state index contributed by atoms with van der Waals surface area (Å²) in [5.41, 5.74) is 2.13. The van der Waals surface area contributed by atoms with Gasteiger partial charge in [-0.05, 0) is 31.2 Å². The Morgan fingerprint density at radius 2 is 1.19 bits per heavy atom. The molecule has 27 heavy (non-hydrogen) atoms. The first-order chi connectivity index (χ1) is 13.0. The molecule has 0 N–H and O–H groups in total. The number of nitro benzene ring substituents is 1. The van der Waals surface area contributed by atoms with E-state index in [4.69, 9.17) is 10.8 Å². The van der Waals surface area contributed by atoms with Gasteiger partial charge in [0.05, 0.1) is 4.92 Å². The van der Waals surface area contributed by atoms with Crippen LogP contribution in [0.15, 0.2) is 82.6 Å². The van der Waals surface area contributed by atoms with Crippen LogP contribution in [0.25, 0.3) is 9.95 Å². The van der Waals surface area contributed by atoms with Crippen molar-refractivity contribution in [3.63, 3.8) is 0 Å². The third kappa shape index (κ3) is 6.24. The Bertz CT molecular complexity index is 989. The van der Waals surface area contributed by atoms with Gasteiger partial charge in [-0.25, -0.2) is 0 Å². The van der Waals surface area contributed by atoms with Crippen molar-refractivity contribution in [3.8, 4) is 0 Å². The highest BCUT2D eigenvalue weighted by molar-refractivity contribution is 7.99. The van der Waals surface area contributed by atoms with E-state index >= 15 is 0 Å². The minimum Gasteiger partial charge on any atom is -0.258 e. The van der Waals surface area contributed by atoms with Crippen LogP contribution < -0.4 is 0 Å². The standard InChI is InChI=1S/C13H11N2S.C6H4N3O2/c1-10-2-6-12(7-3-10)16-13-8-4-11(15-14)5-9-13;7-8-5-1-3-6(4-2-5)9(10)11/h2-9H,1H3;1-4H/q2*+1. The summed E-state index contributed by atoms with van der Waals surface area (Å²) >= 11 is 1.69. The van der Waals surface area contributed by atoms with Crippen LogP contribution in [0.2, 0.25) is 0 Å². The Morgan fingerprint density at radius 3 is 1.59 bits per heavy atom. The van der Waals surface area contributed by atoms with Crippen LogP contribution in [0.3, 0.4) is 0 Å². The average Bonchev–Trinajstić information content (AvgIpc) is 2.71. The van der Waals surface area contributed by atoms with Crippen molar-refractivity contribution in [1.29, 1.82) is 10.8 Å². The second kappa shape index (κ2) is 9.66.